The number of ether oxygens (including phenoxy) is 4. The number of benzene rings is 2. The minimum absolute atomic E-state index is 0.0670. The summed E-state index contributed by atoms with van der Waals surface area (Å²) in [7, 11) is 5.05. The lowest BCUT2D eigenvalue weighted by molar-refractivity contribution is -0.337. The van der Waals surface area contributed by atoms with Gasteiger partial charge in [0.05, 0.1) is 35.1 Å². The van der Waals surface area contributed by atoms with Crippen molar-refractivity contribution < 1.29 is 38.7 Å². The molecule has 8 rings (SSSR count). The fourth-order valence-corrected chi connectivity index (χ4v) is 12.7. The monoisotopic (exact) mass is 724 g/mol. The van der Waals surface area contributed by atoms with Gasteiger partial charge in [-0.2, -0.15) is 0 Å². The fourth-order valence-electron chi connectivity index (χ4n) is 12.3. The Labute approximate surface area is 289 Å². The molecule has 7 bridgehead atoms. The highest BCUT2D eigenvalue weighted by Crippen LogP contribution is 2.79. The number of piperidine rings is 1. The molecule has 1 unspecified atom stereocenters. The van der Waals surface area contributed by atoms with E-state index < -0.39 is 34.3 Å². The van der Waals surface area contributed by atoms with Gasteiger partial charge in [-0.25, -0.2) is 4.79 Å². The SMILES string of the molecule is CCN1C[C@]2(OC(=O)c3ccccc3NC(=O)c3ccccc3Br)CC[C@H](OC)[C@]34C1[C@H](C[C@H]23)[C@@]1(O)C[C@H](OC)[C@H]2C[C@@H]4[C@]1(O)[C@H]2OC. The molecule has 6 fully saturated rings. The third-order valence-corrected chi connectivity index (χ3v) is 14.4. The number of nitrogens with zero attached hydrogens (tertiary/aromatic N) is 1. The summed E-state index contributed by atoms with van der Waals surface area (Å²) < 4.78 is 25.9. The lowest BCUT2D eigenvalue weighted by Gasteiger charge is -2.70. The molecule has 10 nitrogen and oxygen atoms in total. The van der Waals surface area contributed by atoms with E-state index in [9.17, 15) is 19.8 Å². The molecule has 2 aromatic carbocycles. The Morgan fingerprint density at radius 1 is 0.979 bits per heavy atom. The van der Waals surface area contributed by atoms with Gasteiger partial charge in [0.2, 0.25) is 0 Å². The number of carbonyl (C=O) groups is 2. The van der Waals surface area contributed by atoms with E-state index in [-0.39, 0.29) is 53.4 Å². The molecule has 2 aromatic rings. The largest absolute Gasteiger partial charge is 0.454 e. The number of amides is 1. The number of likely N-dealkylation sites (N-methyl/N-ethyl adjacent to an activating group) is 1. The number of carbonyl (C=O) groups excluding carboxylic acids is 2. The van der Waals surface area contributed by atoms with Crippen molar-refractivity contribution in [2.45, 2.75) is 80.2 Å². The number of anilines is 1. The Bertz CT molecular complexity index is 1640. The lowest BCUT2D eigenvalue weighted by Crippen LogP contribution is -2.83. The topological polar surface area (TPSA) is 127 Å². The molecule has 48 heavy (non-hydrogen) atoms. The van der Waals surface area contributed by atoms with Gasteiger partial charge in [-0.3, -0.25) is 9.69 Å². The molecule has 1 saturated heterocycles. The predicted molar refractivity (Wildman–Crippen MR) is 179 cm³/mol. The molecular weight excluding hydrogens is 680 g/mol. The molecule has 0 aromatic heterocycles. The van der Waals surface area contributed by atoms with Crippen LogP contribution in [-0.2, 0) is 18.9 Å². The van der Waals surface area contributed by atoms with Crippen molar-refractivity contribution in [3.63, 3.8) is 0 Å². The summed E-state index contributed by atoms with van der Waals surface area (Å²) in [4.78, 5) is 30.1. The van der Waals surface area contributed by atoms with E-state index in [4.69, 9.17) is 18.9 Å². The highest BCUT2D eigenvalue weighted by molar-refractivity contribution is 9.10. The summed E-state index contributed by atoms with van der Waals surface area (Å²) in [6.45, 7) is 3.33. The maximum Gasteiger partial charge on any atom is 0.340 e. The first-order valence-electron chi connectivity index (χ1n) is 17.2. The van der Waals surface area contributed by atoms with Gasteiger partial charge < -0.3 is 34.5 Å². The van der Waals surface area contributed by atoms with Gasteiger partial charge in [0.25, 0.3) is 5.91 Å². The highest BCUT2D eigenvalue weighted by atomic mass is 79.9. The van der Waals surface area contributed by atoms with Crippen LogP contribution in [0.25, 0.3) is 0 Å². The summed E-state index contributed by atoms with van der Waals surface area (Å²) in [5, 5.41) is 28.8. The number of methoxy groups -OCH3 is 3. The van der Waals surface area contributed by atoms with Crippen molar-refractivity contribution in [1.82, 2.24) is 4.90 Å². The first-order valence-corrected chi connectivity index (χ1v) is 18.0. The van der Waals surface area contributed by atoms with Crippen molar-refractivity contribution in [2.75, 3.05) is 39.7 Å². The number of aliphatic hydroxyl groups is 2. The quantitative estimate of drug-likeness (QED) is 0.342. The van der Waals surface area contributed by atoms with Crippen LogP contribution in [0.5, 0.6) is 0 Å². The second-order valence-corrected chi connectivity index (χ2v) is 15.8. The van der Waals surface area contributed by atoms with E-state index in [0.29, 0.717) is 60.9 Å². The average molecular weight is 726 g/mol. The summed E-state index contributed by atoms with van der Waals surface area (Å²) in [6, 6.07) is 14.0. The maximum atomic E-state index is 14.4. The second-order valence-electron chi connectivity index (χ2n) is 14.9. The average Bonchev–Trinajstić information content (AvgIpc) is 3.51. The van der Waals surface area contributed by atoms with Gasteiger partial charge in [0.15, 0.2) is 0 Å². The van der Waals surface area contributed by atoms with Crippen molar-refractivity contribution in [1.29, 1.82) is 0 Å². The van der Waals surface area contributed by atoms with Crippen LogP contribution >= 0.6 is 15.9 Å². The zero-order chi connectivity index (χ0) is 33.8. The second kappa shape index (κ2) is 11.3. The van der Waals surface area contributed by atoms with Crippen LogP contribution in [0.15, 0.2) is 53.0 Å². The molecule has 12 atom stereocenters. The standard InChI is InChI=1S/C37H45BrN2O8/c1-5-40-19-34(48-33(42)21-11-7-9-13-25(21)39-32(41)20-10-6-8-12-24(20)38)15-14-29(46-3)36-27(34)17-23(30(36)40)35(43)18-26(45-2)22-16-28(36)37(35,44)31(22)47-4/h6-13,22-23,26-31,43-44H,5,14-19H2,1-4H3,(H,39,41)/t22-,23+,26+,27-,28+,29+,30?,31+,34-,35+,36+,37+/m1/s1. The van der Waals surface area contributed by atoms with Crippen LogP contribution in [0.3, 0.4) is 0 Å². The number of esters is 1. The molecule has 5 aliphatic carbocycles. The number of rotatable bonds is 8. The summed E-state index contributed by atoms with van der Waals surface area (Å²) in [6.07, 6.45) is 1.75. The number of fused-ring (bicyclic) bond motifs is 2. The van der Waals surface area contributed by atoms with Crippen LogP contribution in [-0.4, -0.2) is 103 Å². The fraction of sp³-hybridized carbons (Fsp3) is 0.622. The van der Waals surface area contributed by atoms with Crippen molar-refractivity contribution >= 4 is 33.5 Å². The molecule has 1 spiro atoms. The van der Waals surface area contributed by atoms with Crippen molar-refractivity contribution in [3.05, 3.63) is 64.1 Å². The summed E-state index contributed by atoms with van der Waals surface area (Å²) in [5.74, 6) is -1.74. The lowest BCUT2D eigenvalue weighted by atomic mass is 9.44. The van der Waals surface area contributed by atoms with Gasteiger partial charge in [-0.15, -0.1) is 0 Å². The van der Waals surface area contributed by atoms with Crippen LogP contribution in [0.4, 0.5) is 5.69 Å². The molecule has 1 amide bonds. The molecule has 1 heterocycles. The third-order valence-electron chi connectivity index (χ3n) is 13.7. The zero-order valence-corrected chi connectivity index (χ0v) is 29.4. The molecular formula is C37H45BrN2O8. The Kier molecular flexibility index (Phi) is 7.73. The molecule has 6 aliphatic rings. The molecule has 5 saturated carbocycles. The smallest absolute Gasteiger partial charge is 0.340 e. The maximum absolute atomic E-state index is 14.4. The number of hydrogen-bond acceptors (Lipinski definition) is 9. The van der Waals surface area contributed by atoms with E-state index in [1.165, 1.54) is 0 Å². The molecule has 258 valence electrons. The molecule has 3 N–H and O–H groups in total. The minimum Gasteiger partial charge on any atom is -0.454 e. The van der Waals surface area contributed by atoms with Crippen molar-refractivity contribution in [2.24, 2.45) is 29.1 Å². The van der Waals surface area contributed by atoms with Gasteiger partial charge in [0.1, 0.15) is 16.8 Å². The van der Waals surface area contributed by atoms with E-state index in [1.807, 2.05) is 6.07 Å². The highest BCUT2D eigenvalue weighted by Gasteiger charge is 2.89. The molecule has 0 radical (unpaired) electrons. The zero-order valence-electron chi connectivity index (χ0n) is 27.9. The normalized spacial score (nSPS) is 43.6. The van der Waals surface area contributed by atoms with E-state index in [0.717, 1.165) is 0 Å². The summed E-state index contributed by atoms with van der Waals surface area (Å²) in [5.41, 5.74) is -3.33. The Morgan fingerprint density at radius 3 is 2.40 bits per heavy atom. The number of halogens is 1. The first kappa shape index (κ1) is 32.8. The van der Waals surface area contributed by atoms with Crippen molar-refractivity contribution in [3.8, 4) is 0 Å². The van der Waals surface area contributed by atoms with Gasteiger partial charge in [0, 0.05) is 73.9 Å². The predicted octanol–water partition coefficient (Wildman–Crippen LogP) is 4.28. The summed E-state index contributed by atoms with van der Waals surface area (Å²) >= 11 is 3.45. The van der Waals surface area contributed by atoms with E-state index in [2.05, 4.69) is 33.1 Å². The van der Waals surface area contributed by atoms with Crippen LogP contribution in [0, 0.1) is 29.1 Å². The van der Waals surface area contributed by atoms with Gasteiger partial charge >= 0.3 is 5.97 Å². The van der Waals surface area contributed by atoms with Crippen LogP contribution in [0.2, 0.25) is 0 Å². The Hall–Kier alpha value is -2.38. The number of para-hydroxylation sites is 1. The molecule has 1 aliphatic heterocycles. The number of likely N-dealkylation sites (tertiary alicyclic amines) is 1. The van der Waals surface area contributed by atoms with Gasteiger partial charge in [-0.05, 0) is 72.4 Å². The number of hydrogen-bond donors (Lipinski definition) is 3. The van der Waals surface area contributed by atoms with Crippen LogP contribution in [0.1, 0.15) is 59.7 Å². The Balaban J connectivity index is 1.20. The first-order chi connectivity index (χ1) is 23.0. The minimum atomic E-state index is -1.50. The van der Waals surface area contributed by atoms with E-state index in [1.54, 1.807) is 63.8 Å². The molecule has 11 heteroatoms. The van der Waals surface area contributed by atoms with Gasteiger partial charge in [-0.1, -0.05) is 31.2 Å². The third kappa shape index (κ3) is 3.95. The Morgan fingerprint density at radius 2 is 1.71 bits per heavy atom. The van der Waals surface area contributed by atoms with Crippen LogP contribution < -0.4 is 5.32 Å². The van der Waals surface area contributed by atoms with E-state index >= 15 is 0 Å². The number of nitrogens with one attached hydrogen (secondary N) is 1.